The van der Waals surface area contributed by atoms with Crippen molar-refractivity contribution < 1.29 is 9.47 Å². The Balaban J connectivity index is 0.00000218. The second kappa shape index (κ2) is 8.71. The Hall–Kier alpha value is -2.49. The number of nitrogens with one attached hydrogen (secondary N) is 1. The van der Waals surface area contributed by atoms with Crippen molar-refractivity contribution in [2.24, 2.45) is 0 Å². The van der Waals surface area contributed by atoms with Crippen LogP contribution in [-0.4, -0.2) is 20.3 Å². The lowest BCUT2D eigenvalue weighted by atomic mass is 10.0. The molecule has 3 unspecified atom stereocenters. The van der Waals surface area contributed by atoms with E-state index in [1.165, 1.54) is 40.7 Å². The quantitative estimate of drug-likeness (QED) is 0.535. The van der Waals surface area contributed by atoms with Crippen molar-refractivity contribution in [1.29, 1.82) is 0 Å². The van der Waals surface area contributed by atoms with Crippen LogP contribution < -0.4 is 14.8 Å². The van der Waals surface area contributed by atoms with Crippen LogP contribution >= 0.6 is 12.4 Å². The first-order valence-electron chi connectivity index (χ1n) is 10.4. The molecule has 0 radical (unpaired) electrons. The first-order chi connectivity index (χ1) is 14.2. The topological polar surface area (TPSA) is 30.5 Å². The molecule has 30 heavy (non-hydrogen) atoms. The summed E-state index contributed by atoms with van der Waals surface area (Å²) in [5.41, 5.74) is 6.73. The van der Waals surface area contributed by atoms with E-state index in [9.17, 15) is 0 Å². The molecule has 3 nitrogen and oxygen atoms in total. The monoisotopic (exact) mass is 421 g/mol. The maximum Gasteiger partial charge on any atom is 0.119 e. The Labute approximate surface area is 184 Å². The SMILES string of the molecule is COc1cccc(-c2ccc(C3CC3NC3CCc4ccc(OC)cc43)cc2)c1.Cl. The van der Waals surface area contributed by atoms with Crippen LogP contribution in [0.5, 0.6) is 11.5 Å². The fraction of sp³-hybridized carbons (Fsp3) is 0.308. The van der Waals surface area contributed by atoms with Gasteiger partial charge in [-0.05, 0) is 71.3 Å². The van der Waals surface area contributed by atoms with Crippen LogP contribution in [0.2, 0.25) is 0 Å². The van der Waals surface area contributed by atoms with Crippen molar-refractivity contribution >= 4 is 12.4 Å². The van der Waals surface area contributed by atoms with Crippen LogP contribution in [0.4, 0.5) is 0 Å². The van der Waals surface area contributed by atoms with Crippen molar-refractivity contribution in [1.82, 2.24) is 5.32 Å². The molecule has 3 aromatic carbocycles. The van der Waals surface area contributed by atoms with Gasteiger partial charge in [0.15, 0.2) is 0 Å². The zero-order valence-corrected chi connectivity index (χ0v) is 18.2. The van der Waals surface area contributed by atoms with E-state index in [0.717, 1.165) is 17.9 Å². The second-order valence-electron chi connectivity index (χ2n) is 8.13. The van der Waals surface area contributed by atoms with E-state index in [1.54, 1.807) is 14.2 Å². The number of rotatable bonds is 6. The lowest BCUT2D eigenvalue weighted by Crippen LogP contribution is -2.22. The number of halogens is 1. The molecule has 1 fully saturated rings. The zero-order valence-electron chi connectivity index (χ0n) is 17.4. The van der Waals surface area contributed by atoms with Crippen LogP contribution in [0.25, 0.3) is 11.1 Å². The predicted octanol–water partition coefficient (Wildman–Crippen LogP) is 5.93. The van der Waals surface area contributed by atoms with Gasteiger partial charge in [0.05, 0.1) is 14.2 Å². The largest absolute Gasteiger partial charge is 0.497 e. The Morgan fingerprint density at radius 3 is 2.37 bits per heavy atom. The maximum atomic E-state index is 5.43. The Kier molecular flexibility index (Phi) is 6.03. The molecule has 3 aromatic rings. The first kappa shape index (κ1) is 20.8. The average molecular weight is 422 g/mol. The summed E-state index contributed by atoms with van der Waals surface area (Å²) in [6, 6.07) is 24.8. The Morgan fingerprint density at radius 1 is 0.833 bits per heavy atom. The van der Waals surface area contributed by atoms with Gasteiger partial charge < -0.3 is 14.8 Å². The number of benzene rings is 3. The van der Waals surface area contributed by atoms with Crippen LogP contribution in [0.3, 0.4) is 0 Å². The smallest absolute Gasteiger partial charge is 0.119 e. The standard InChI is InChI=1S/C26H27NO2.ClH/c1-28-21-5-3-4-20(14-21)17-6-8-18(9-7-17)24-16-26(24)27-25-13-11-19-10-12-22(29-2)15-23(19)25;/h3-10,12,14-15,24-27H,11,13,16H2,1-2H3;1H. The molecule has 0 bridgehead atoms. The summed E-state index contributed by atoms with van der Waals surface area (Å²) < 4.78 is 10.8. The third-order valence-electron chi connectivity index (χ3n) is 6.38. The number of aryl methyl sites for hydroxylation is 1. The van der Waals surface area contributed by atoms with Crippen molar-refractivity contribution in [3.05, 3.63) is 83.4 Å². The lowest BCUT2D eigenvalue weighted by molar-refractivity contribution is 0.413. The highest BCUT2D eigenvalue weighted by Crippen LogP contribution is 2.44. The molecular weight excluding hydrogens is 394 g/mol. The zero-order chi connectivity index (χ0) is 19.8. The molecule has 2 aliphatic rings. The van der Waals surface area contributed by atoms with Crippen molar-refractivity contribution in [3.8, 4) is 22.6 Å². The average Bonchev–Trinajstić information content (AvgIpc) is 3.44. The summed E-state index contributed by atoms with van der Waals surface area (Å²) in [7, 11) is 3.45. The van der Waals surface area contributed by atoms with Gasteiger partial charge in [-0.2, -0.15) is 0 Å². The van der Waals surface area contributed by atoms with Gasteiger partial charge in [0.1, 0.15) is 11.5 Å². The van der Waals surface area contributed by atoms with Gasteiger partial charge >= 0.3 is 0 Å². The van der Waals surface area contributed by atoms with E-state index in [4.69, 9.17) is 9.47 Å². The highest BCUT2D eigenvalue weighted by Gasteiger charge is 2.40. The molecular formula is C26H28ClNO2. The number of ether oxygens (including phenoxy) is 2. The summed E-state index contributed by atoms with van der Waals surface area (Å²) in [6.45, 7) is 0. The van der Waals surface area contributed by atoms with E-state index >= 15 is 0 Å². The number of hydrogen-bond acceptors (Lipinski definition) is 3. The predicted molar refractivity (Wildman–Crippen MR) is 124 cm³/mol. The highest BCUT2D eigenvalue weighted by molar-refractivity contribution is 5.85. The first-order valence-corrected chi connectivity index (χ1v) is 10.4. The fourth-order valence-corrected chi connectivity index (χ4v) is 4.61. The van der Waals surface area contributed by atoms with E-state index in [2.05, 4.69) is 59.9 Å². The number of fused-ring (bicyclic) bond motifs is 1. The molecule has 0 spiro atoms. The fourth-order valence-electron chi connectivity index (χ4n) is 4.61. The molecule has 3 atom stereocenters. The number of methoxy groups -OCH3 is 2. The van der Waals surface area contributed by atoms with E-state index < -0.39 is 0 Å². The van der Waals surface area contributed by atoms with E-state index in [1.807, 2.05) is 12.1 Å². The van der Waals surface area contributed by atoms with Gasteiger partial charge in [-0.15, -0.1) is 12.4 Å². The molecule has 0 aliphatic heterocycles. The van der Waals surface area contributed by atoms with Crippen LogP contribution in [-0.2, 0) is 6.42 Å². The second-order valence-corrected chi connectivity index (χ2v) is 8.13. The summed E-state index contributed by atoms with van der Waals surface area (Å²) >= 11 is 0. The van der Waals surface area contributed by atoms with Gasteiger partial charge in [0, 0.05) is 18.0 Å². The van der Waals surface area contributed by atoms with Gasteiger partial charge in [-0.3, -0.25) is 0 Å². The molecule has 4 heteroatoms. The third kappa shape index (κ3) is 4.05. The van der Waals surface area contributed by atoms with E-state index in [-0.39, 0.29) is 12.4 Å². The molecule has 0 aromatic heterocycles. The van der Waals surface area contributed by atoms with Gasteiger partial charge in [0.25, 0.3) is 0 Å². The van der Waals surface area contributed by atoms with E-state index in [0.29, 0.717) is 18.0 Å². The third-order valence-corrected chi connectivity index (χ3v) is 6.38. The molecule has 0 saturated heterocycles. The molecule has 5 rings (SSSR count). The minimum Gasteiger partial charge on any atom is -0.497 e. The minimum atomic E-state index is 0. The Morgan fingerprint density at radius 2 is 1.60 bits per heavy atom. The summed E-state index contributed by atoms with van der Waals surface area (Å²) in [6.07, 6.45) is 3.55. The van der Waals surface area contributed by atoms with Gasteiger partial charge in [-0.25, -0.2) is 0 Å². The molecule has 156 valence electrons. The molecule has 2 aliphatic carbocycles. The molecule has 1 N–H and O–H groups in total. The normalized spacial score (nSPS) is 21.5. The lowest BCUT2D eigenvalue weighted by Gasteiger charge is -2.15. The molecule has 0 amide bonds. The Bertz CT molecular complexity index is 1020. The summed E-state index contributed by atoms with van der Waals surface area (Å²) in [5, 5.41) is 3.90. The van der Waals surface area contributed by atoms with Crippen molar-refractivity contribution in [2.45, 2.75) is 37.3 Å². The maximum absolute atomic E-state index is 5.43. The van der Waals surface area contributed by atoms with Crippen LogP contribution in [0, 0.1) is 0 Å². The van der Waals surface area contributed by atoms with Gasteiger partial charge in [0.2, 0.25) is 0 Å². The van der Waals surface area contributed by atoms with Gasteiger partial charge in [-0.1, -0.05) is 42.5 Å². The van der Waals surface area contributed by atoms with Crippen LogP contribution in [0.15, 0.2) is 66.7 Å². The summed E-state index contributed by atoms with van der Waals surface area (Å²) in [5.74, 6) is 2.47. The summed E-state index contributed by atoms with van der Waals surface area (Å²) in [4.78, 5) is 0. The highest BCUT2D eigenvalue weighted by atomic mass is 35.5. The minimum absolute atomic E-state index is 0. The van der Waals surface area contributed by atoms with Crippen molar-refractivity contribution in [2.75, 3.05) is 14.2 Å². The number of hydrogen-bond donors (Lipinski definition) is 1. The molecule has 1 saturated carbocycles. The van der Waals surface area contributed by atoms with Crippen molar-refractivity contribution in [3.63, 3.8) is 0 Å². The van der Waals surface area contributed by atoms with Crippen LogP contribution in [0.1, 0.15) is 41.5 Å². The molecule has 0 heterocycles.